The molecule has 0 aromatic heterocycles. The Kier molecular flexibility index (Phi) is 4.16. The van der Waals surface area contributed by atoms with Gasteiger partial charge in [-0.2, -0.15) is 0 Å². The third-order valence-electron chi connectivity index (χ3n) is 1.85. The van der Waals surface area contributed by atoms with E-state index in [1.54, 1.807) is 6.92 Å². The molecule has 1 radical (unpaired) electrons. The summed E-state index contributed by atoms with van der Waals surface area (Å²) in [7, 11) is 1.94. The first-order valence-electron chi connectivity index (χ1n) is 3.99. The Balaban J connectivity index is 3.85. The molecule has 0 N–H and O–H groups in total. The van der Waals surface area contributed by atoms with E-state index in [4.69, 9.17) is 0 Å². The second kappa shape index (κ2) is 4.37. The normalized spacial score (nSPS) is 12.8. The third-order valence-corrected chi connectivity index (χ3v) is 1.85. The predicted octanol–water partition coefficient (Wildman–Crippen LogP) is 2.26. The summed E-state index contributed by atoms with van der Waals surface area (Å²) < 4.78 is 0. The maximum absolute atomic E-state index is 10.8. The Hall–Kier alpha value is -0.525. The molecule has 0 aliphatic heterocycles. The number of carbonyl (C=O) groups excluding carboxylic acids is 1. The van der Waals surface area contributed by atoms with Crippen molar-refractivity contribution in [1.82, 2.24) is 0 Å². The zero-order chi connectivity index (χ0) is 9.02. The minimum atomic E-state index is 0.0184. The van der Waals surface area contributed by atoms with Gasteiger partial charge in [-0.1, -0.05) is 20.8 Å². The van der Waals surface area contributed by atoms with E-state index < -0.39 is 0 Å². The van der Waals surface area contributed by atoms with Gasteiger partial charge in [0.1, 0.15) is 5.78 Å². The first-order chi connectivity index (χ1) is 4.95. The van der Waals surface area contributed by atoms with Crippen LogP contribution in [0.1, 0.15) is 27.7 Å². The first kappa shape index (κ1) is 10.5. The number of carbonyl (C=O) groups is 1. The van der Waals surface area contributed by atoms with Crippen LogP contribution in [-0.2, 0) is 4.79 Å². The highest BCUT2D eigenvalue weighted by Gasteiger charge is 2.12. The van der Waals surface area contributed by atoms with Crippen molar-refractivity contribution in [3.05, 3.63) is 12.1 Å². The van der Waals surface area contributed by atoms with Crippen LogP contribution in [0.3, 0.4) is 0 Å². The van der Waals surface area contributed by atoms with Crippen LogP contribution in [0.15, 0.2) is 12.1 Å². The van der Waals surface area contributed by atoms with E-state index in [0.29, 0.717) is 5.92 Å². The molecule has 1 nitrogen and oxygen atoms in total. The van der Waals surface area contributed by atoms with E-state index in [2.05, 4.69) is 20.4 Å². The first-order valence-corrected chi connectivity index (χ1v) is 3.99. The molecule has 0 aliphatic rings. The van der Waals surface area contributed by atoms with E-state index in [0.717, 1.165) is 5.47 Å². The molecule has 0 amide bonds. The summed E-state index contributed by atoms with van der Waals surface area (Å²) in [4.78, 5) is 10.8. The van der Waals surface area contributed by atoms with E-state index in [9.17, 15) is 4.79 Å². The van der Waals surface area contributed by atoms with Crippen molar-refractivity contribution in [2.75, 3.05) is 0 Å². The third kappa shape index (κ3) is 4.02. The van der Waals surface area contributed by atoms with Crippen molar-refractivity contribution in [3.63, 3.8) is 0 Å². The summed E-state index contributed by atoms with van der Waals surface area (Å²) in [6.07, 6.45) is 0. The maximum Gasteiger partial charge on any atom is 0.158 e. The predicted molar refractivity (Wildman–Crippen MR) is 49.8 cm³/mol. The van der Waals surface area contributed by atoms with Crippen LogP contribution in [-0.4, -0.2) is 13.1 Å². The van der Waals surface area contributed by atoms with Crippen LogP contribution < -0.4 is 0 Å². The lowest BCUT2D eigenvalue weighted by atomic mass is 9.56. The van der Waals surface area contributed by atoms with E-state index in [1.165, 1.54) is 0 Å². The molecule has 0 aromatic carbocycles. The zero-order valence-corrected chi connectivity index (χ0v) is 7.85. The molecular weight excluding hydrogens is 135 g/mol. The summed E-state index contributed by atoms with van der Waals surface area (Å²) in [5.74, 6) is 0.661. The minimum Gasteiger partial charge on any atom is -0.301 e. The maximum atomic E-state index is 10.8. The van der Waals surface area contributed by atoms with Gasteiger partial charge in [-0.25, -0.2) is 0 Å². The van der Waals surface area contributed by atoms with Gasteiger partial charge in [0.25, 0.3) is 0 Å². The standard InChI is InChI=1S/C9H16BO/c1-6(2)7(3)10-8(4)9(5)11/h6,8H,3H2,1-2,4-5H3/t8-/m0/s1. The SMILES string of the molecule is C=C([B][C@@H](C)C(C)=O)C(C)C. The van der Waals surface area contributed by atoms with Gasteiger partial charge in [-0.05, 0) is 18.7 Å². The number of hydrogen-bond acceptors (Lipinski definition) is 1. The largest absolute Gasteiger partial charge is 0.301 e. The number of hydrogen-bond donors (Lipinski definition) is 0. The molecule has 0 aliphatic carbocycles. The molecule has 11 heavy (non-hydrogen) atoms. The van der Waals surface area contributed by atoms with Gasteiger partial charge in [-0.3, -0.25) is 0 Å². The van der Waals surface area contributed by atoms with Crippen molar-refractivity contribution in [1.29, 1.82) is 0 Å². The number of rotatable bonds is 4. The average molecular weight is 151 g/mol. The second-order valence-corrected chi connectivity index (χ2v) is 3.30. The molecule has 0 rings (SSSR count). The highest BCUT2D eigenvalue weighted by Crippen LogP contribution is 2.12. The number of ketones is 1. The summed E-state index contributed by atoms with van der Waals surface area (Å²) in [6.45, 7) is 11.5. The van der Waals surface area contributed by atoms with Gasteiger partial charge in [0.05, 0.1) is 0 Å². The molecule has 0 heterocycles. The molecule has 0 spiro atoms. The van der Waals surface area contributed by atoms with E-state index >= 15 is 0 Å². The Morgan fingerprint density at radius 1 is 1.36 bits per heavy atom. The van der Waals surface area contributed by atoms with Gasteiger partial charge in [0.2, 0.25) is 0 Å². The Morgan fingerprint density at radius 2 is 1.82 bits per heavy atom. The molecule has 0 saturated heterocycles. The van der Waals surface area contributed by atoms with Gasteiger partial charge in [0.15, 0.2) is 7.28 Å². The number of Topliss-reactive ketones (excluding diaryl/α,β-unsaturated/α-hetero) is 1. The molecule has 0 aromatic rings. The fourth-order valence-corrected chi connectivity index (χ4v) is 0.631. The lowest BCUT2D eigenvalue weighted by molar-refractivity contribution is -0.116. The van der Waals surface area contributed by atoms with Gasteiger partial charge < -0.3 is 4.79 Å². The minimum absolute atomic E-state index is 0.0184. The fraction of sp³-hybridized carbons (Fsp3) is 0.667. The van der Waals surface area contributed by atoms with Crippen LogP contribution >= 0.6 is 0 Å². The lowest BCUT2D eigenvalue weighted by Gasteiger charge is -2.11. The summed E-state index contributed by atoms with van der Waals surface area (Å²) in [5, 5.41) is 0. The van der Waals surface area contributed by atoms with E-state index in [1.807, 2.05) is 14.2 Å². The van der Waals surface area contributed by atoms with Crippen LogP contribution in [0, 0.1) is 5.92 Å². The molecular formula is C9H16BO. The summed E-state index contributed by atoms with van der Waals surface area (Å²) in [5.41, 5.74) is 1.05. The molecule has 1 atom stereocenters. The molecule has 0 unspecified atom stereocenters. The molecule has 61 valence electrons. The molecule has 0 saturated carbocycles. The average Bonchev–Trinajstić information content (AvgIpc) is 1.87. The van der Waals surface area contributed by atoms with Crippen molar-refractivity contribution in [2.45, 2.75) is 33.5 Å². The van der Waals surface area contributed by atoms with Gasteiger partial charge in [0, 0.05) is 0 Å². The Labute approximate surface area is 70.1 Å². The van der Waals surface area contributed by atoms with Crippen molar-refractivity contribution in [3.8, 4) is 0 Å². The monoisotopic (exact) mass is 151 g/mol. The van der Waals surface area contributed by atoms with Crippen LogP contribution in [0.2, 0.25) is 5.82 Å². The Bertz CT molecular complexity index is 161. The molecule has 0 bridgehead atoms. The lowest BCUT2D eigenvalue weighted by Crippen LogP contribution is -2.13. The summed E-state index contributed by atoms with van der Waals surface area (Å²) >= 11 is 0. The van der Waals surface area contributed by atoms with Crippen LogP contribution in [0.4, 0.5) is 0 Å². The van der Waals surface area contributed by atoms with Crippen molar-refractivity contribution in [2.24, 2.45) is 5.92 Å². The molecule has 0 fully saturated rings. The second-order valence-electron chi connectivity index (χ2n) is 3.30. The van der Waals surface area contributed by atoms with Crippen molar-refractivity contribution < 1.29 is 4.79 Å². The molecule has 2 heteroatoms. The van der Waals surface area contributed by atoms with E-state index in [-0.39, 0.29) is 11.6 Å². The quantitative estimate of drug-likeness (QED) is 0.563. The van der Waals surface area contributed by atoms with Crippen molar-refractivity contribution >= 4 is 13.1 Å². The highest BCUT2D eigenvalue weighted by atomic mass is 16.1. The van der Waals surface area contributed by atoms with Gasteiger partial charge in [-0.15, -0.1) is 12.1 Å². The summed E-state index contributed by atoms with van der Waals surface area (Å²) in [6, 6.07) is 0. The number of allylic oxidation sites excluding steroid dienone is 1. The topological polar surface area (TPSA) is 17.1 Å². The van der Waals surface area contributed by atoms with Crippen LogP contribution in [0.25, 0.3) is 0 Å². The fourth-order valence-electron chi connectivity index (χ4n) is 0.631. The Morgan fingerprint density at radius 3 is 2.09 bits per heavy atom. The zero-order valence-electron chi connectivity index (χ0n) is 7.85. The highest BCUT2D eigenvalue weighted by molar-refractivity contribution is 6.51. The van der Waals surface area contributed by atoms with Crippen LogP contribution in [0.5, 0.6) is 0 Å². The van der Waals surface area contributed by atoms with Gasteiger partial charge >= 0.3 is 0 Å². The smallest absolute Gasteiger partial charge is 0.158 e.